The SMILES string of the molecule is Cc1cc(-c2nc(Cl)no2)n(C)n1. The summed E-state index contributed by atoms with van der Waals surface area (Å²) in [6, 6.07) is 1.85. The van der Waals surface area contributed by atoms with Gasteiger partial charge in [-0.1, -0.05) is 0 Å². The smallest absolute Gasteiger partial charge is 0.277 e. The summed E-state index contributed by atoms with van der Waals surface area (Å²) >= 11 is 5.52. The van der Waals surface area contributed by atoms with Gasteiger partial charge in [-0.05, 0) is 29.7 Å². The van der Waals surface area contributed by atoms with E-state index in [0.29, 0.717) is 5.89 Å². The van der Waals surface area contributed by atoms with Gasteiger partial charge < -0.3 is 4.52 Å². The standard InChI is InChI=1S/C7H7ClN4O/c1-4-3-5(12(2)10-4)6-9-7(8)11-13-6/h3H,1-2H3. The van der Waals surface area contributed by atoms with Gasteiger partial charge in [0.05, 0.1) is 5.69 Å². The number of rotatable bonds is 1. The van der Waals surface area contributed by atoms with Crippen LogP contribution in [0.1, 0.15) is 5.69 Å². The van der Waals surface area contributed by atoms with Crippen LogP contribution < -0.4 is 0 Å². The van der Waals surface area contributed by atoms with Crippen molar-refractivity contribution >= 4 is 11.6 Å². The second kappa shape index (κ2) is 2.85. The molecule has 2 aromatic heterocycles. The summed E-state index contributed by atoms with van der Waals surface area (Å²) in [4.78, 5) is 3.88. The molecular formula is C7H7ClN4O. The average Bonchev–Trinajstić information content (AvgIpc) is 2.58. The van der Waals surface area contributed by atoms with Crippen molar-refractivity contribution in [2.45, 2.75) is 6.92 Å². The summed E-state index contributed by atoms with van der Waals surface area (Å²) in [6.07, 6.45) is 0. The van der Waals surface area contributed by atoms with Crippen molar-refractivity contribution in [3.63, 3.8) is 0 Å². The van der Waals surface area contributed by atoms with Gasteiger partial charge in [0.25, 0.3) is 11.2 Å². The molecular weight excluding hydrogens is 192 g/mol. The Morgan fingerprint density at radius 1 is 1.54 bits per heavy atom. The van der Waals surface area contributed by atoms with Crippen molar-refractivity contribution in [2.75, 3.05) is 0 Å². The van der Waals surface area contributed by atoms with Gasteiger partial charge in [0, 0.05) is 7.05 Å². The number of hydrogen-bond acceptors (Lipinski definition) is 4. The maximum absolute atomic E-state index is 5.52. The van der Waals surface area contributed by atoms with Gasteiger partial charge in [-0.15, -0.1) is 0 Å². The second-order valence-corrected chi connectivity index (χ2v) is 3.00. The molecule has 0 bridgehead atoms. The summed E-state index contributed by atoms with van der Waals surface area (Å²) in [7, 11) is 1.81. The van der Waals surface area contributed by atoms with Crippen LogP contribution in [0.4, 0.5) is 0 Å². The summed E-state index contributed by atoms with van der Waals surface area (Å²) in [5, 5.41) is 7.73. The van der Waals surface area contributed by atoms with Crippen LogP contribution in [0.2, 0.25) is 5.28 Å². The molecule has 0 unspecified atom stereocenters. The van der Waals surface area contributed by atoms with Crippen LogP contribution in [0.3, 0.4) is 0 Å². The number of aryl methyl sites for hydroxylation is 2. The Morgan fingerprint density at radius 2 is 2.31 bits per heavy atom. The van der Waals surface area contributed by atoms with Crippen LogP contribution in [-0.4, -0.2) is 19.9 Å². The molecule has 0 aliphatic heterocycles. The van der Waals surface area contributed by atoms with Crippen molar-refractivity contribution in [3.8, 4) is 11.6 Å². The van der Waals surface area contributed by atoms with Crippen LogP contribution in [0.25, 0.3) is 11.6 Å². The summed E-state index contributed by atoms with van der Waals surface area (Å²) in [5.41, 5.74) is 1.66. The van der Waals surface area contributed by atoms with Crippen molar-refractivity contribution < 1.29 is 4.52 Å². The van der Waals surface area contributed by atoms with Crippen molar-refractivity contribution in [3.05, 3.63) is 17.0 Å². The third kappa shape index (κ3) is 1.42. The minimum absolute atomic E-state index is 0.105. The Hall–Kier alpha value is -1.36. The molecule has 2 rings (SSSR count). The molecule has 0 aliphatic rings. The first-order chi connectivity index (χ1) is 6.16. The van der Waals surface area contributed by atoms with Gasteiger partial charge in [-0.2, -0.15) is 10.1 Å². The minimum Gasteiger partial charge on any atom is -0.331 e. The van der Waals surface area contributed by atoms with E-state index in [9.17, 15) is 0 Å². The number of nitrogens with zero attached hydrogens (tertiary/aromatic N) is 4. The van der Waals surface area contributed by atoms with Gasteiger partial charge in [0.15, 0.2) is 0 Å². The fourth-order valence-corrected chi connectivity index (χ4v) is 1.23. The number of aromatic nitrogens is 4. The van der Waals surface area contributed by atoms with Crippen LogP contribution >= 0.6 is 11.6 Å². The monoisotopic (exact) mass is 198 g/mol. The molecule has 0 saturated carbocycles. The zero-order chi connectivity index (χ0) is 9.42. The average molecular weight is 199 g/mol. The zero-order valence-corrected chi connectivity index (χ0v) is 7.91. The Morgan fingerprint density at radius 3 is 2.77 bits per heavy atom. The lowest BCUT2D eigenvalue weighted by Crippen LogP contribution is -1.93. The first-order valence-corrected chi connectivity index (χ1v) is 4.05. The highest BCUT2D eigenvalue weighted by atomic mass is 35.5. The molecule has 0 aromatic carbocycles. The maximum Gasteiger partial charge on any atom is 0.277 e. The summed E-state index contributed by atoms with van der Waals surface area (Å²) < 4.78 is 6.56. The second-order valence-electron chi connectivity index (χ2n) is 2.66. The Kier molecular flexibility index (Phi) is 1.81. The minimum atomic E-state index is 0.105. The molecule has 0 fully saturated rings. The van der Waals surface area contributed by atoms with Crippen molar-refractivity contribution in [1.29, 1.82) is 0 Å². The lowest BCUT2D eigenvalue weighted by Gasteiger charge is -1.92. The highest BCUT2D eigenvalue weighted by Gasteiger charge is 2.11. The summed E-state index contributed by atoms with van der Waals surface area (Å²) in [6.45, 7) is 1.89. The van der Waals surface area contributed by atoms with Crippen LogP contribution in [-0.2, 0) is 7.05 Å². The fourth-order valence-electron chi connectivity index (χ4n) is 1.12. The van der Waals surface area contributed by atoms with Gasteiger partial charge in [0.2, 0.25) is 0 Å². The lowest BCUT2D eigenvalue weighted by atomic mass is 10.4. The van der Waals surface area contributed by atoms with Crippen molar-refractivity contribution in [1.82, 2.24) is 19.9 Å². The molecule has 2 heterocycles. The molecule has 0 atom stereocenters. The van der Waals surface area contributed by atoms with Gasteiger partial charge >= 0.3 is 0 Å². The normalized spacial score (nSPS) is 10.7. The van der Waals surface area contributed by atoms with E-state index in [0.717, 1.165) is 11.4 Å². The van der Waals surface area contributed by atoms with E-state index in [1.807, 2.05) is 13.0 Å². The fraction of sp³-hybridized carbons (Fsp3) is 0.286. The topological polar surface area (TPSA) is 56.7 Å². The van der Waals surface area contributed by atoms with E-state index in [4.69, 9.17) is 16.1 Å². The molecule has 0 amide bonds. The van der Waals surface area contributed by atoms with E-state index in [1.165, 1.54) is 0 Å². The van der Waals surface area contributed by atoms with E-state index < -0.39 is 0 Å². The van der Waals surface area contributed by atoms with Gasteiger partial charge in [-0.3, -0.25) is 4.68 Å². The third-order valence-electron chi connectivity index (χ3n) is 1.62. The molecule has 0 N–H and O–H groups in total. The largest absolute Gasteiger partial charge is 0.331 e. The predicted octanol–water partition coefficient (Wildman–Crippen LogP) is 1.43. The molecule has 6 heteroatoms. The third-order valence-corrected chi connectivity index (χ3v) is 1.78. The van der Waals surface area contributed by atoms with E-state index in [2.05, 4.69) is 15.2 Å². The molecule has 13 heavy (non-hydrogen) atoms. The lowest BCUT2D eigenvalue weighted by molar-refractivity contribution is 0.427. The summed E-state index contributed by atoms with van der Waals surface area (Å²) in [5.74, 6) is 0.383. The van der Waals surface area contributed by atoms with Crippen LogP contribution in [0.5, 0.6) is 0 Å². The van der Waals surface area contributed by atoms with Crippen molar-refractivity contribution in [2.24, 2.45) is 7.05 Å². The Balaban J connectivity index is 2.51. The van der Waals surface area contributed by atoms with Crippen LogP contribution in [0, 0.1) is 6.92 Å². The first kappa shape index (κ1) is 8.25. The number of halogens is 1. The highest BCUT2D eigenvalue weighted by Crippen LogP contribution is 2.18. The van der Waals surface area contributed by atoms with E-state index >= 15 is 0 Å². The predicted molar refractivity (Wildman–Crippen MR) is 46.2 cm³/mol. The Bertz CT molecular complexity index is 433. The zero-order valence-electron chi connectivity index (χ0n) is 7.15. The number of hydrogen-bond donors (Lipinski definition) is 0. The molecule has 2 aromatic rings. The molecule has 0 spiro atoms. The molecule has 68 valence electrons. The maximum atomic E-state index is 5.52. The molecule has 0 aliphatic carbocycles. The van der Waals surface area contributed by atoms with Crippen LogP contribution in [0.15, 0.2) is 10.6 Å². The quantitative estimate of drug-likeness (QED) is 0.696. The molecule has 0 radical (unpaired) electrons. The molecule has 5 nitrogen and oxygen atoms in total. The molecule has 0 saturated heterocycles. The van der Waals surface area contributed by atoms with Gasteiger partial charge in [0.1, 0.15) is 5.69 Å². The van der Waals surface area contributed by atoms with E-state index in [1.54, 1.807) is 11.7 Å². The Labute approximate surface area is 79.3 Å². The first-order valence-electron chi connectivity index (χ1n) is 3.67. The highest BCUT2D eigenvalue weighted by molar-refractivity contribution is 6.28. The van der Waals surface area contributed by atoms with Gasteiger partial charge in [-0.25, -0.2) is 0 Å². The van der Waals surface area contributed by atoms with E-state index in [-0.39, 0.29) is 5.28 Å².